The van der Waals surface area contributed by atoms with Crippen LogP contribution in [0, 0.1) is 4.91 Å². The van der Waals surface area contributed by atoms with Gasteiger partial charge in [-0.2, -0.15) is 0 Å². The summed E-state index contributed by atoms with van der Waals surface area (Å²) in [7, 11) is 0. The fourth-order valence-corrected chi connectivity index (χ4v) is 2.05. The molecule has 0 aromatic heterocycles. The molecule has 9 heteroatoms. The summed E-state index contributed by atoms with van der Waals surface area (Å²) < 4.78 is 4.92. The van der Waals surface area contributed by atoms with Gasteiger partial charge in [0.1, 0.15) is 0 Å². The van der Waals surface area contributed by atoms with Crippen LogP contribution in [0.4, 0.5) is 0 Å². The summed E-state index contributed by atoms with van der Waals surface area (Å²) in [6.07, 6.45) is 2.36. The maximum atomic E-state index is 11.8. The standard InChI is InChI=1S/C12H21N3O6/c1-2-20-12(18)10-6-5-8-14(10)15(19)13-21-9-4-3-7-11(16)17/h10H,2-9H2,1H3,(H-,13,16,17,19)/p+1/t10-/m0/s1. The first kappa shape index (κ1) is 17.2. The van der Waals surface area contributed by atoms with E-state index in [1.807, 2.05) is 0 Å². The second-order valence-corrected chi connectivity index (χ2v) is 4.64. The SMILES string of the molecule is CCOC(=O)[C@@H]1CCCN1[N+](=O)NOCCCCC(=O)O. The first-order valence-electron chi connectivity index (χ1n) is 7.06. The van der Waals surface area contributed by atoms with Gasteiger partial charge in [-0.25, -0.2) is 9.63 Å². The van der Waals surface area contributed by atoms with Crippen molar-refractivity contribution in [2.24, 2.45) is 0 Å². The Morgan fingerprint density at radius 1 is 1.43 bits per heavy atom. The van der Waals surface area contributed by atoms with E-state index in [1.165, 1.54) is 5.01 Å². The summed E-state index contributed by atoms with van der Waals surface area (Å²) in [5.41, 5.74) is 2.19. The first-order chi connectivity index (χ1) is 10.1. The van der Waals surface area contributed by atoms with Gasteiger partial charge in [0.05, 0.1) is 24.7 Å². The Kier molecular flexibility index (Phi) is 7.44. The van der Waals surface area contributed by atoms with Crippen molar-refractivity contribution in [1.29, 1.82) is 0 Å². The lowest BCUT2D eigenvalue weighted by Crippen LogP contribution is -2.48. The Balaban J connectivity index is 2.24. The molecule has 0 unspecified atom stereocenters. The molecular formula is C12H22N3O6+. The number of rotatable bonds is 10. The van der Waals surface area contributed by atoms with E-state index in [0.717, 1.165) is 6.42 Å². The Bertz CT molecular complexity index is 376. The molecule has 0 aromatic carbocycles. The number of nitroso groups, excluding NO2 is 1. The topological polar surface area (TPSA) is 108 Å². The summed E-state index contributed by atoms with van der Waals surface area (Å²) in [4.78, 5) is 39.1. The predicted molar refractivity (Wildman–Crippen MR) is 70.6 cm³/mol. The largest absolute Gasteiger partial charge is 0.481 e. The minimum absolute atomic E-state index is 0.0709. The van der Waals surface area contributed by atoms with Crippen LogP contribution in [-0.4, -0.2) is 52.8 Å². The molecule has 1 heterocycles. The molecule has 0 saturated carbocycles. The van der Waals surface area contributed by atoms with Crippen molar-refractivity contribution in [2.75, 3.05) is 19.8 Å². The van der Waals surface area contributed by atoms with Gasteiger partial charge in [-0.3, -0.25) is 4.79 Å². The van der Waals surface area contributed by atoms with Crippen LogP contribution in [0.1, 0.15) is 39.0 Å². The molecule has 0 aromatic rings. The molecular weight excluding hydrogens is 282 g/mol. The molecule has 1 rings (SSSR count). The van der Waals surface area contributed by atoms with E-state index in [1.54, 1.807) is 6.92 Å². The number of ether oxygens (including phenoxy) is 1. The van der Waals surface area contributed by atoms with Crippen LogP contribution in [0.2, 0.25) is 0 Å². The average Bonchev–Trinajstić information content (AvgIpc) is 2.91. The maximum absolute atomic E-state index is 11.8. The molecule has 1 fully saturated rings. The van der Waals surface area contributed by atoms with Crippen molar-refractivity contribution in [1.82, 2.24) is 10.6 Å². The lowest BCUT2D eigenvalue weighted by Gasteiger charge is -2.14. The zero-order valence-electron chi connectivity index (χ0n) is 12.1. The van der Waals surface area contributed by atoms with Crippen LogP contribution in [0.5, 0.6) is 0 Å². The second kappa shape index (κ2) is 9.11. The average molecular weight is 304 g/mol. The lowest BCUT2D eigenvalue weighted by molar-refractivity contribution is -0.789. The molecule has 120 valence electrons. The highest BCUT2D eigenvalue weighted by Gasteiger charge is 2.41. The molecule has 0 radical (unpaired) electrons. The molecule has 9 nitrogen and oxygen atoms in total. The Morgan fingerprint density at radius 3 is 2.86 bits per heavy atom. The third kappa shape index (κ3) is 5.94. The van der Waals surface area contributed by atoms with Crippen LogP contribution in [0.3, 0.4) is 0 Å². The number of unbranched alkanes of at least 4 members (excludes halogenated alkanes) is 1. The number of nitrogens with zero attached hydrogens (tertiary/aromatic N) is 2. The highest BCUT2D eigenvalue weighted by Crippen LogP contribution is 2.17. The van der Waals surface area contributed by atoms with Crippen molar-refractivity contribution < 1.29 is 29.2 Å². The Morgan fingerprint density at radius 2 is 2.19 bits per heavy atom. The molecule has 0 aliphatic carbocycles. The van der Waals surface area contributed by atoms with Gasteiger partial charge in [0.25, 0.3) is 4.98 Å². The van der Waals surface area contributed by atoms with Crippen LogP contribution >= 0.6 is 0 Å². The van der Waals surface area contributed by atoms with Crippen molar-refractivity contribution in [2.45, 2.75) is 45.1 Å². The Labute approximate surface area is 122 Å². The third-order valence-electron chi connectivity index (χ3n) is 3.05. The summed E-state index contributed by atoms with van der Waals surface area (Å²) in [6, 6.07) is -0.592. The molecule has 1 atom stereocenters. The molecule has 0 amide bonds. The van der Waals surface area contributed by atoms with Crippen LogP contribution in [0.25, 0.3) is 0 Å². The van der Waals surface area contributed by atoms with E-state index in [2.05, 4.69) is 5.59 Å². The number of esters is 1. The van der Waals surface area contributed by atoms with E-state index in [4.69, 9.17) is 14.7 Å². The zero-order chi connectivity index (χ0) is 15.7. The minimum Gasteiger partial charge on any atom is -0.481 e. The molecule has 0 spiro atoms. The van der Waals surface area contributed by atoms with E-state index < -0.39 is 18.0 Å². The number of carbonyl (C=O) groups excluding carboxylic acids is 1. The smallest absolute Gasteiger partial charge is 0.334 e. The summed E-state index contributed by atoms with van der Waals surface area (Å²) in [5, 5.41) is 9.78. The van der Waals surface area contributed by atoms with Crippen LogP contribution in [-0.2, 0) is 19.2 Å². The number of aliphatic carboxylic acids is 1. The summed E-state index contributed by atoms with van der Waals surface area (Å²) >= 11 is 0. The maximum Gasteiger partial charge on any atom is 0.334 e. The van der Waals surface area contributed by atoms with Crippen molar-refractivity contribution >= 4 is 11.9 Å². The van der Waals surface area contributed by atoms with E-state index in [0.29, 0.717) is 30.8 Å². The monoisotopic (exact) mass is 304 g/mol. The van der Waals surface area contributed by atoms with E-state index >= 15 is 0 Å². The molecule has 1 aliphatic rings. The number of carbonyl (C=O) groups is 2. The van der Waals surface area contributed by atoms with Gasteiger partial charge < -0.3 is 9.84 Å². The number of nitrogens with one attached hydrogen (secondary N) is 1. The van der Waals surface area contributed by atoms with Gasteiger partial charge in [0, 0.05) is 12.0 Å². The third-order valence-corrected chi connectivity index (χ3v) is 3.05. The first-order valence-corrected chi connectivity index (χ1v) is 7.06. The highest BCUT2D eigenvalue weighted by atomic mass is 16.7. The van der Waals surface area contributed by atoms with Gasteiger partial charge in [-0.1, -0.05) is 5.01 Å². The van der Waals surface area contributed by atoms with Gasteiger partial charge in [-0.05, 0) is 32.6 Å². The van der Waals surface area contributed by atoms with Crippen LogP contribution in [0.15, 0.2) is 0 Å². The van der Waals surface area contributed by atoms with Gasteiger partial charge in [0.2, 0.25) is 0 Å². The number of hydrazine groups is 2. The molecule has 1 saturated heterocycles. The normalized spacial score (nSPS) is 17.6. The minimum atomic E-state index is -0.859. The Hall–Kier alpha value is -1.90. The number of carboxylic acid groups (broad SMARTS) is 1. The molecule has 0 bridgehead atoms. The second-order valence-electron chi connectivity index (χ2n) is 4.64. The number of hydrogen-bond acceptors (Lipinski definition) is 5. The number of carboxylic acids is 1. The summed E-state index contributed by atoms with van der Waals surface area (Å²) in [6.45, 7) is 2.65. The molecule has 21 heavy (non-hydrogen) atoms. The molecule has 1 aliphatic heterocycles. The van der Waals surface area contributed by atoms with E-state index in [-0.39, 0.29) is 19.6 Å². The van der Waals surface area contributed by atoms with Crippen LogP contribution < -0.4 is 5.59 Å². The van der Waals surface area contributed by atoms with Gasteiger partial charge >= 0.3 is 11.9 Å². The van der Waals surface area contributed by atoms with Crippen molar-refractivity contribution in [3.05, 3.63) is 4.91 Å². The highest BCUT2D eigenvalue weighted by molar-refractivity contribution is 5.75. The van der Waals surface area contributed by atoms with Gasteiger partial charge in [-0.15, -0.1) is 0 Å². The quantitative estimate of drug-likeness (QED) is 0.258. The van der Waals surface area contributed by atoms with Crippen molar-refractivity contribution in [3.8, 4) is 0 Å². The van der Waals surface area contributed by atoms with Crippen molar-refractivity contribution in [3.63, 3.8) is 0 Å². The zero-order valence-corrected chi connectivity index (χ0v) is 12.1. The lowest BCUT2D eigenvalue weighted by atomic mass is 10.2. The van der Waals surface area contributed by atoms with E-state index in [9.17, 15) is 14.5 Å². The predicted octanol–water partition coefficient (Wildman–Crippen LogP) is 0.399. The fraction of sp³-hybridized carbons (Fsp3) is 0.833. The summed E-state index contributed by atoms with van der Waals surface area (Å²) in [5.74, 6) is -1.28. The van der Waals surface area contributed by atoms with Gasteiger partial charge in [0.15, 0.2) is 6.04 Å². The number of hydrogen-bond donors (Lipinski definition) is 2. The molecule has 2 N–H and O–H groups in total. The fourth-order valence-electron chi connectivity index (χ4n) is 2.05.